The first-order valence-corrected chi connectivity index (χ1v) is 11.3. The average molecular weight is 428 g/mol. The van der Waals surface area contributed by atoms with Crippen molar-refractivity contribution in [3.8, 4) is 5.82 Å². The lowest BCUT2D eigenvalue weighted by Crippen LogP contribution is -2.05. The Morgan fingerprint density at radius 2 is 1.42 bits per heavy atom. The fraction of sp³-hybridized carbons (Fsp3) is 0.103. The van der Waals surface area contributed by atoms with Crippen LogP contribution in [0.4, 0.5) is 0 Å². The van der Waals surface area contributed by atoms with Gasteiger partial charge in [0.15, 0.2) is 11.4 Å². The summed E-state index contributed by atoms with van der Waals surface area (Å²) in [6.45, 7) is 4.26. The summed E-state index contributed by atoms with van der Waals surface area (Å²) in [5.41, 5.74) is 4.64. The first kappa shape index (κ1) is 18.4. The fourth-order valence-electron chi connectivity index (χ4n) is 4.97. The van der Waals surface area contributed by atoms with E-state index in [1.807, 2.05) is 18.2 Å². The summed E-state index contributed by atoms with van der Waals surface area (Å²) < 4.78 is 8.63. The van der Waals surface area contributed by atoms with E-state index in [-0.39, 0.29) is 5.92 Å². The Morgan fingerprint density at radius 3 is 2.27 bits per heavy atom. The van der Waals surface area contributed by atoms with Crippen LogP contribution in [0.25, 0.3) is 60.5 Å². The molecule has 0 aliphatic carbocycles. The van der Waals surface area contributed by atoms with Crippen LogP contribution < -0.4 is 0 Å². The average Bonchev–Trinajstić information content (AvgIpc) is 3.39. The van der Waals surface area contributed by atoms with Gasteiger partial charge in [0.25, 0.3) is 0 Å². The second-order valence-corrected chi connectivity index (χ2v) is 8.87. The number of fused-ring (bicyclic) bond motifs is 8. The van der Waals surface area contributed by atoms with E-state index in [4.69, 9.17) is 14.4 Å². The van der Waals surface area contributed by atoms with Crippen molar-refractivity contribution < 1.29 is 4.42 Å². The quantitative estimate of drug-likeness (QED) is 0.283. The molecule has 33 heavy (non-hydrogen) atoms. The van der Waals surface area contributed by atoms with Crippen LogP contribution in [0.15, 0.2) is 89.3 Å². The summed E-state index contributed by atoms with van der Waals surface area (Å²) in [7, 11) is 0. The molecule has 0 atom stereocenters. The number of hydrogen-bond donors (Lipinski definition) is 0. The summed E-state index contributed by atoms with van der Waals surface area (Å²) in [5.74, 6) is 1.80. The largest absolute Gasteiger partial charge is 0.450 e. The molecule has 0 saturated carbocycles. The third kappa shape index (κ3) is 2.52. The summed E-state index contributed by atoms with van der Waals surface area (Å²) in [5, 5.41) is 5.93. The maximum Gasteiger partial charge on any atom is 0.197 e. The minimum absolute atomic E-state index is 0.190. The van der Waals surface area contributed by atoms with Crippen molar-refractivity contribution in [3.63, 3.8) is 0 Å². The summed E-state index contributed by atoms with van der Waals surface area (Å²) in [4.78, 5) is 10.0. The van der Waals surface area contributed by atoms with E-state index in [1.165, 1.54) is 21.5 Å². The van der Waals surface area contributed by atoms with E-state index in [2.05, 4.69) is 85.1 Å². The molecular weight excluding hydrogens is 406 g/mol. The monoisotopic (exact) mass is 427 g/mol. The lowest BCUT2D eigenvalue weighted by molar-refractivity contribution is 0.658. The highest BCUT2D eigenvalue weighted by Crippen LogP contribution is 2.39. The molecule has 0 radical (unpaired) electrons. The molecule has 0 unspecified atom stereocenters. The van der Waals surface area contributed by atoms with Crippen LogP contribution >= 0.6 is 0 Å². The van der Waals surface area contributed by atoms with Crippen molar-refractivity contribution in [1.82, 2.24) is 14.5 Å². The Morgan fingerprint density at radius 1 is 0.697 bits per heavy atom. The zero-order chi connectivity index (χ0) is 22.1. The van der Waals surface area contributed by atoms with Gasteiger partial charge in [-0.2, -0.15) is 0 Å². The van der Waals surface area contributed by atoms with Crippen molar-refractivity contribution in [3.05, 3.63) is 90.8 Å². The van der Waals surface area contributed by atoms with Gasteiger partial charge in [0.1, 0.15) is 16.9 Å². The number of furan rings is 1. The van der Waals surface area contributed by atoms with Crippen molar-refractivity contribution in [2.75, 3.05) is 0 Å². The van der Waals surface area contributed by atoms with Crippen molar-refractivity contribution in [2.24, 2.45) is 0 Å². The molecule has 3 heterocycles. The van der Waals surface area contributed by atoms with Crippen LogP contribution in [-0.2, 0) is 0 Å². The summed E-state index contributed by atoms with van der Waals surface area (Å²) in [6, 6.07) is 29.6. The highest BCUT2D eigenvalue weighted by atomic mass is 16.3. The second-order valence-electron chi connectivity index (χ2n) is 8.87. The van der Waals surface area contributed by atoms with Crippen LogP contribution in [0.2, 0.25) is 0 Å². The minimum atomic E-state index is 0.190. The van der Waals surface area contributed by atoms with E-state index in [0.717, 1.165) is 44.7 Å². The van der Waals surface area contributed by atoms with Crippen LogP contribution in [0.3, 0.4) is 0 Å². The van der Waals surface area contributed by atoms with E-state index in [9.17, 15) is 0 Å². The minimum Gasteiger partial charge on any atom is -0.450 e. The number of hydrogen-bond acceptors (Lipinski definition) is 3. The summed E-state index contributed by atoms with van der Waals surface area (Å²) >= 11 is 0. The third-order valence-corrected chi connectivity index (χ3v) is 6.51. The van der Waals surface area contributed by atoms with Gasteiger partial charge in [-0.1, -0.05) is 74.5 Å². The number of para-hydroxylation sites is 2. The zero-order valence-electron chi connectivity index (χ0n) is 18.4. The van der Waals surface area contributed by atoms with Crippen molar-refractivity contribution >= 4 is 54.6 Å². The molecule has 4 nitrogen and oxygen atoms in total. The Bertz CT molecular complexity index is 1860. The van der Waals surface area contributed by atoms with Crippen LogP contribution in [-0.4, -0.2) is 14.5 Å². The zero-order valence-corrected chi connectivity index (χ0v) is 18.4. The standard InChI is InChI=1S/C29H21N3O/c1-17(2)28-30-26-21-12-6-8-14-24(21)33-27(26)29(31-28)32-22-13-7-5-11-20(22)25-19-10-4-3-9-18(19)15-16-23(25)32/h3-17H,1-2H3. The predicted octanol–water partition coefficient (Wildman–Crippen LogP) is 7.75. The molecule has 0 N–H and O–H groups in total. The molecule has 0 spiro atoms. The molecule has 0 aliphatic heterocycles. The Kier molecular flexibility index (Phi) is 3.71. The Hall–Kier alpha value is -4.18. The van der Waals surface area contributed by atoms with Crippen LogP contribution in [0, 0.1) is 0 Å². The van der Waals surface area contributed by atoms with E-state index in [1.54, 1.807) is 0 Å². The third-order valence-electron chi connectivity index (χ3n) is 6.51. The van der Waals surface area contributed by atoms with Gasteiger partial charge in [-0.25, -0.2) is 9.97 Å². The maximum atomic E-state index is 6.38. The first-order chi connectivity index (χ1) is 16.2. The molecule has 4 heteroatoms. The highest BCUT2D eigenvalue weighted by Gasteiger charge is 2.22. The summed E-state index contributed by atoms with van der Waals surface area (Å²) in [6.07, 6.45) is 0. The molecule has 0 bridgehead atoms. The van der Waals surface area contributed by atoms with Gasteiger partial charge >= 0.3 is 0 Å². The molecule has 0 amide bonds. The van der Waals surface area contributed by atoms with Crippen LogP contribution in [0.1, 0.15) is 25.6 Å². The smallest absolute Gasteiger partial charge is 0.197 e. The van der Waals surface area contributed by atoms with Gasteiger partial charge in [-0.05, 0) is 35.0 Å². The fourth-order valence-corrected chi connectivity index (χ4v) is 4.97. The van der Waals surface area contributed by atoms with Gasteiger partial charge in [0, 0.05) is 22.1 Å². The first-order valence-electron chi connectivity index (χ1n) is 11.3. The molecule has 0 saturated heterocycles. The Balaban J connectivity index is 1.72. The number of benzene rings is 4. The van der Waals surface area contributed by atoms with E-state index >= 15 is 0 Å². The van der Waals surface area contributed by atoms with Gasteiger partial charge in [-0.15, -0.1) is 0 Å². The molecule has 158 valence electrons. The topological polar surface area (TPSA) is 43.9 Å². The predicted molar refractivity (Wildman–Crippen MR) is 135 cm³/mol. The molecular formula is C29H21N3O. The lowest BCUT2D eigenvalue weighted by atomic mass is 10.0. The Labute approximate surface area is 190 Å². The molecule has 4 aromatic carbocycles. The normalized spacial score (nSPS) is 12.2. The number of rotatable bonds is 2. The van der Waals surface area contributed by atoms with Crippen molar-refractivity contribution in [1.29, 1.82) is 0 Å². The van der Waals surface area contributed by atoms with E-state index in [0.29, 0.717) is 0 Å². The molecule has 7 rings (SSSR count). The molecule has 0 fully saturated rings. The van der Waals surface area contributed by atoms with Gasteiger partial charge < -0.3 is 4.42 Å². The second kappa shape index (κ2) is 6.66. The molecule has 0 aliphatic rings. The van der Waals surface area contributed by atoms with Crippen molar-refractivity contribution in [2.45, 2.75) is 19.8 Å². The number of nitrogens with zero attached hydrogens (tertiary/aromatic N) is 3. The van der Waals surface area contributed by atoms with Crippen LogP contribution in [0.5, 0.6) is 0 Å². The maximum absolute atomic E-state index is 6.38. The molecule has 7 aromatic rings. The van der Waals surface area contributed by atoms with Gasteiger partial charge in [0.05, 0.1) is 11.0 Å². The lowest BCUT2D eigenvalue weighted by Gasteiger charge is -2.11. The molecule has 3 aromatic heterocycles. The SMILES string of the molecule is CC(C)c1nc(-n2c3ccccc3c3c4ccccc4ccc32)c2oc3ccccc3c2n1. The number of aromatic nitrogens is 3. The van der Waals surface area contributed by atoms with Gasteiger partial charge in [0.2, 0.25) is 0 Å². The highest BCUT2D eigenvalue weighted by molar-refractivity contribution is 6.21. The van der Waals surface area contributed by atoms with Gasteiger partial charge in [-0.3, -0.25) is 4.57 Å². The van der Waals surface area contributed by atoms with E-state index < -0.39 is 0 Å².